The second-order valence-corrected chi connectivity index (χ2v) is 9.50. The van der Waals surface area contributed by atoms with Gasteiger partial charge in [0.1, 0.15) is 0 Å². The molecule has 0 aromatic heterocycles. The summed E-state index contributed by atoms with van der Waals surface area (Å²) in [4.78, 5) is 15.2. The quantitative estimate of drug-likeness (QED) is 0.863. The molecule has 2 N–H and O–H groups in total. The Bertz CT molecular complexity index is 721. The molecule has 1 aromatic rings. The van der Waals surface area contributed by atoms with Gasteiger partial charge in [-0.1, -0.05) is 18.2 Å². The number of carbonyl (C=O) groups excluding carboxylic acids is 1. The number of nitrogens with zero attached hydrogens (tertiary/aromatic N) is 2. The van der Waals surface area contributed by atoms with E-state index >= 15 is 0 Å². The zero-order valence-electron chi connectivity index (χ0n) is 15.4. The number of hydrogen-bond donors (Lipinski definition) is 1. The van der Waals surface area contributed by atoms with E-state index in [4.69, 9.17) is 5.73 Å². The number of rotatable bonds is 4. The molecule has 3 unspecified atom stereocenters. The molecule has 2 aliphatic heterocycles. The zero-order valence-corrected chi connectivity index (χ0v) is 16.2. The average Bonchev–Trinajstić information content (AvgIpc) is 2.68. The molecule has 144 valence electrons. The molecule has 0 bridgehead atoms. The zero-order chi connectivity index (χ0) is 18.7. The van der Waals surface area contributed by atoms with Crippen LogP contribution >= 0.6 is 0 Å². The van der Waals surface area contributed by atoms with Crippen LogP contribution in [0.3, 0.4) is 0 Å². The van der Waals surface area contributed by atoms with Crippen molar-refractivity contribution in [2.75, 3.05) is 26.2 Å². The van der Waals surface area contributed by atoms with Crippen molar-refractivity contribution in [3.63, 3.8) is 0 Å². The van der Waals surface area contributed by atoms with Crippen LogP contribution in [-0.4, -0.2) is 55.8 Å². The van der Waals surface area contributed by atoms with Crippen LogP contribution in [0.5, 0.6) is 0 Å². The number of sulfonamides is 1. The number of hydrogen-bond acceptors (Lipinski definition) is 4. The van der Waals surface area contributed by atoms with Gasteiger partial charge >= 0.3 is 0 Å². The molecule has 0 saturated carbocycles. The molecule has 0 radical (unpaired) electrons. The number of amides is 1. The van der Waals surface area contributed by atoms with Gasteiger partial charge in [-0.05, 0) is 50.7 Å². The van der Waals surface area contributed by atoms with E-state index in [0.29, 0.717) is 30.3 Å². The molecule has 2 saturated heterocycles. The SMILES string of the molecule is CC(N)C1CCCN(C(=O)C2CCCN(S(=O)(=O)c3ccccc3)C2)C1. The summed E-state index contributed by atoms with van der Waals surface area (Å²) in [5.74, 6) is 0.165. The highest BCUT2D eigenvalue weighted by atomic mass is 32.2. The molecule has 7 heteroatoms. The molecule has 0 spiro atoms. The Labute approximate surface area is 156 Å². The first-order valence-corrected chi connectivity index (χ1v) is 10.9. The van der Waals surface area contributed by atoms with Gasteiger partial charge < -0.3 is 10.6 Å². The lowest BCUT2D eigenvalue weighted by molar-refractivity contribution is -0.138. The smallest absolute Gasteiger partial charge is 0.243 e. The Morgan fingerprint density at radius 1 is 1.12 bits per heavy atom. The van der Waals surface area contributed by atoms with Crippen LogP contribution < -0.4 is 5.73 Å². The van der Waals surface area contributed by atoms with Gasteiger partial charge in [-0.15, -0.1) is 0 Å². The monoisotopic (exact) mass is 379 g/mol. The second-order valence-electron chi connectivity index (χ2n) is 7.56. The number of likely N-dealkylation sites (tertiary alicyclic amines) is 1. The fourth-order valence-electron chi connectivity index (χ4n) is 4.00. The number of benzene rings is 1. The van der Waals surface area contributed by atoms with E-state index in [-0.39, 0.29) is 24.4 Å². The van der Waals surface area contributed by atoms with E-state index in [1.807, 2.05) is 11.8 Å². The van der Waals surface area contributed by atoms with Gasteiger partial charge in [0.05, 0.1) is 10.8 Å². The lowest BCUT2D eigenvalue weighted by Gasteiger charge is -2.39. The standard InChI is InChI=1S/C19H29N3O3S/c1-15(20)16-7-5-11-21(13-16)19(23)17-8-6-12-22(14-17)26(24,25)18-9-3-2-4-10-18/h2-4,9-10,15-17H,5-8,11-14,20H2,1H3. The molecule has 0 aliphatic carbocycles. The van der Waals surface area contributed by atoms with Gasteiger partial charge in [0, 0.05) is 32.2 Å². The van der Waals surface area contributed by atoms with Crippen molar-refractivity contribution in [2.24, 2.45) is 17.6 Å². The first-order valence-electron chi connectivity index (χ1n) is 9.49. The van der Waals surface area contributed by atoms with Crippen molar-refractivity contribution in [2.45, 2.75) is 43.5 Å². The van der Waals surface area contributed by atoms with Gasteiger partial charge in [0.25, 0.3) is 0 Å². The van der Waals surface area contributed by atoms with Crippen LogP contribution in [-0.2, 0) is 14.8 Å². The maximum Gasteiger partial charge on any atom is 0.243 e. The van der Waals surface area contributed by atoms with E-state index in [0.717, 1.165) is 25.8 Å². The summed E-state index contributed by atoms with van der Waals surface area (Å²) in [6.45, 7) is 4.19. The molecule has 2 fully saturated rings. The molecule has 2 aliphatic rings. The highest BCUT2D eigenvalue weighted by molar-refractivity contribution is 7.89. The van der Waals surface area contributed by atoms with Crippen molar-refractivity contribution in [1.82, 2.24) is 9.21 Å². The third kappa shape index (κ3) is 4.10. The molecular formula is C19H29N3O3S. The minimum absolute atomic E-state index is 0.0758. The summed E-state index contributed by atoms with van der Waals surface area (Å²) in [6, 6.07) is 8.54. The molecular weight excluding hydrogens is 350 g/mol. The topological polar surface area (TPSA) is 83.7 Å². The minimum atomic E-state index is -3.54. The summed E-state index contributed by atoms with van der Waals surface area (Å²) in [5.41, 5.74) is 6.03. The van der Waals surface area contributed by atoms with Gasteiger partial charge in [-0.2, -0.15) is 4.31 Å². The first-order chi connectivity index (χ1) is 12.4. The third-order valence-electron chi connectivity index (χ3n) is 5.63. The Morgan fingerprint density at radius 2 is 1.81 bits per heavy atom. The fraction of sp³-hybridized carbons (Fsp3) is 0.632. The number of nitrogens with two attached hydrogens (primary N) is 1. The highest BCUT2D eigenvalue weighted by Crippen LogP contribution is 2.27. The Kier molecular flexibility index (Phi) is 5.99. The van der Waals surface area contributed by atoms with Crippen LogP contribution in [0.25, 0.3) is 0 Å². The molecule has 3 atom stereocenters. The molecule has 3 rings (SSSR count). The predicted octanol–water partition coefficient (Wildman–Crippen LogP) is 1.67. The predicted molar refractivity (Wildman–Crippen MR) is 101 cm³/mol. The average molecular weight is 380 g/mol. The highest BCUT2D eigenvalue weighted by Gasteiger charge is 2.36. The first kappa shape index (κ1) is 19.3. The van der Waals surface area contributed by atoms with Crippen molar-refractivity contribution in [1.29, 1.82) is 0 Å². The van der Waals surface area contributed by atoms with E-state index in [9.17, 15) is 13.2 Å². The molecule has 6 nitrogen and oxygen atoms in total. The largest absolute Gasteiger partial charge is 0.342 e. The second kappa shape index (κ2) is 8.06. The summed E-state index contributed by atoms with van der Waals surface area (Å²) in [6.07, 6.45) is 3.49. The Hall–Kier alpha value is -1.44. The van der Waals surface area contributed by atoms with Crippen molar-refractivity contribution in [3.05, 3.63) is 30.3 Å². The van der Waals surface area contributed by atoms with Gasteiger partial charge in [0.15, 0.2) is 0 Å². The van der Waals surface area contributed by atoms with Crippen molar-refractivity contribution in [3.8, 4) is 0 Å². The van der Waals surface area contributed by atoms with Gasteiger partial charge in [0.2, 0.25) is 15.9 Å². The molecule has 2 heterocycles. The van der Waals surface area contributed by atoms with Gasteiger partial charge in [-0.25, -0.2) is 8.42 Å². The Balaban J connectivity index is 1.69. The maximum atomic E-state index is 13.0. The molecule has 1 amide bonds. The van der Waals surface area contributed by atoms with Crippen LogP contribution in [0.4, 0.5) is 0 Å². The number of carbonyl (C=O) groups is 1. The van der Waals surface area contributed by atoms with Crippen molar-refractivity contribution >= 4 is 15.9 Å². The summed E-state index contributed by atoms with van der Waals surface area (Å²) >= 11 is 0. The minimum Gasteiger partial charge on any atom is -0.342 e. The Morgan fingerprint density at radius 3 is 2.50 bits per heavy atom. The van der Waals surface area contributed by atoms with Crippen LogP contribution in [0.1, 0.15) is 32.6 Å². The van der Waals surface area contributed by atoms with Gasteiger partial charge in [-0.3, -0.25) is 4.79 Å². The molecule has 26 heavy (non-hydrogen) atoms. The summed E-state index contributed by atoms with van der Waals surface area (Å²) in [5, 5.41) is 0. The van der Waals surface area contributed by atoms with Crippen molar-refractivity contribution < 1.29 is 13.2 Å². The van der Waals surface area contributed by atoms with E-state index in [1.54, 1.807) is 30.3 Å². The van der Waals surface area contributed by atoms with E-state index in [1.165, 1.54) is 4.31 Å². The lowest BCUT2D eigenvalue weighted by atomic mass is 9.90. The van der Waals surface area contributed by atoms with Crippen LogP contribution in [0.2, 0.25) is 0 Å². The van der Waals surface area contributed by atoms with E-state index in [2.05, 4.69) is 0 Å². The normalized spacial score (nSPS) is 26.5. The molecule has 1 aromatic carbocycles. The summed E-state index contributed by atoms with van der Waals surface area (Å²) < 4.78 is 27.2. The maximum absolute atomic E-state index is 13.0. The third-order valence-corrected chi connectivity index (χ3v) is 7.51. The summed E-state index contributed by atoms with van der Waals surface area (Å²) in [7, 11) is -3.54. The fourth-order valence-corrected chi connectivity index (χ4v) is 5.55. The lowest BCUT2D eigenvalue weighted by Crippen LogP contribution is -2.50. The van der Waals surface area contributed by atoms with Crippen LogP contribution in [0.15, 0.2) is 35.2 Å². The van der Waals surface area contributed by atoms with Crippen LogP contribution in [0, 0.1) is 11.8 Å². The van der Waals surface area contributed by atoms with E-state index < -0.39 is 10.0 Å². The number of piperidine rings is 2.